The summed E-state index contributed by atoms with van der Waals surface area (Å²) < 4.78 is 31.1. The summed E-state index contributed by atoms with van der Waals surface area (Å²) in [4.78, 5) is 7.82. The molecule has 0 radical (unpaired) electrons. The van der Waals surface area contributed by atoms with Crippen molar-refractivity contribution in [2.45, 2.75) is 13.5 Å². The van der Waals surface area contributed by atoms with Crippen LogP contribution in [0.4, 0.5) is 8.78 Å². The standard InChI is InChI=1S/C13H8Cl2F2N4O/c1-6-2-8(14)3-9(22-13(16)17)10(6)21-5-7-4-18-12(15)19-11(7)20-21/h2-5,13H,1H3. The molecule has 0 saturated heterocycles. The highest BCUT2D eigenvalue weighted by Gasteiger charge is 2.17. The van der Waals surface area contributed by atoms with Crippen LogP contribution in [0.15, 0.2) is 24.5 Å². The molecule has 0 atom stereocenters. The predicted molar refractivity (Wildman–Crippen MR) is 78.0 cm³/mol. The van der Waals surface area contributed by atoms with Gasteiger partial charge < -0.3 is 4.74 Å². The van der Waals surface area contributed by atoms with Gasteiger partial charge in [0.2, 0.25) is 5.28 Å². The summed E-state index contributed by atoms with van der Waals surface area (Å²) >= 11 is 11.6. The molecule has 0 aliphatic heterocycles. The van der Waals surface area contributed by atoms with Gasteiger partial charge in [0.05, 0.1) is 5.39 Å². The zero-order valence-electron chi connectivity index (χ0n) is 11.1. The third kappa shape index (κ3) is 2.82. The van der Waals surface area contributed by atoms with Gasteiger partial charge in [-0.1, -0.05) is 11.6 Å². The van der Waals surface area contributed by atoms with Gasteiger partial charge in [-0.25, -0.2) is 9.67 Å². The molecule has 0 saturated carbocycles. The van der Waals surface area contributed by atoms with Gasteiger partial charge in [-0.05, 0) is 30.2 Å². The van der Waals surface area contributed by atoms with Gasteiger partial charge in [-0.2, -0.15) is 13.8 Å². The van der Waals surface area contributed by atoms with Crippen LogP contribution in [0.1, 0.15) is 5.56 Å². The number of aryl methyl sites for hydroxylation is 1. The summed E-state index contributed by atoms with van der Waals surface area (Å²) in [6.07, 6.45) is 3.09. The van der Waals surface area contributed by atoms with Crippen LogP contribution < -0.4 is 4.74 Å². The lowest BCUT2D eigenvalue weighted by Gasteiger charge is -2.13. The molecule has 0 unspecified atom stereocenters. The van der Waals surface area contributed by atoms with Crippen molar-refractivity contribution in [3.05, 3.63) is 40.4 Å². The minimum absolute atomic E-state index is 0.0506. The predicted octanol–water partition coefficient (Wildman–Crippen LogP) is 4.03. The molecule has 0 bridgehead atoms. The quantitative estimate of drug-likeness (QED) is 0.673. The van der Waals surface area contributed by atoms with Crippen molar-refractivity contribution in [2.75, 3.05) is 0 Å². The number of hydrogen-bond donors (Lipinski definition) is 0. The molecule has 0 spiro atoms. The Morgan fingerprint density at radius 3 is 2.77 bits per heavy atom. The molecule has 3 aromatic rings. The number of benzene rings is 1. The molecule has 5 nitrogen and oxygen atoms in total. The molecule has 0 aliphatic rings. The first-order valence-corrected chi connectivity index (χ1v) is 6.83. The Balaban J connectivity index is 2.20. The van der Waals surface area contributed by atoms with E-state index in [4.69, 9.17) is 23.2 Å². The fourth-order valence-electron chi connectivity index (χ4n) is 2.09. The second kappa shape index (κ2) is 5.66. The van der Waals surface area contributed by atoms with Crippen LogP contribution in [0.2, 0.25) is 10.3 Å². The molecule has 2 heterocycles. The van der Waals surface area contributed by atoms with Crippen LogP contribution in [-0.4, -0.2) is 26.4 Å². The van der Waals surface area contributed by atoms with E-state index in [0.717, 1.165) is 0 Å². The molecule has 0 N–H and O–H groups in total. The Bertz CT molecular complexity index is 853. The molecule has 1 aromatic carbocycles. The monoisotopic (exact) mass is 344 g/mol. The van der Waals surface area contributed by atoms with Crippen LogP contribution in [0.25, 0.3) is 16.7 Å². The van der Waals surface area contributed by atoms with E-state index in [2.05, 4.69) is 19.8 Å². The van der Waals surface area contributed by atoms with Gasteiger partial charge >= 0.3 is 6.61 Å². The maximum absolute atomic E-state index is 12.6. The van der Waals surface area contributed by atoms with Crippen molar-refractivity contribution in [1.82, 2.24) is 19.7 Å². The number of aromatic nitrogens is 4. The minimum Gasteiger partial charge on any atom is -0.432 e. The second-order valence-electron chi connectivity index (χ2n) is 4.44. The summed E-state index contributed by atoms with van der Waals surface area (Å²) in [6.45, 7) is -1.26. The number of rotatable bonds is 3. The lowest BCUT2D eigenvalue weighted by atomic mass is 10.2. The molecular formula is C13H8Cl2F2N4O. The largest absolute Gasteiger partial charge is 0.432 e. The van der Waals surface area contributed by atoms with Crippen LogP contribution in [-0.2, 0) is 0 Å². The molecule has 114 valence electrons. The highest BCUT2D eigenvalue weighted by molar-refractivity contribution is 6.30. The van der Waals surface area contributed by atoms with Crippen molar-refractivity contribution in [3.63, 3.8) is 0 Å². The maximum Gasteiger partial charge on any atom is 0.387 e. The molecule has 3 rings (SSSR count). The van der Waals surface area contributed by atoms with Crippen molar-refractivity contribution >= 4 is 34.2 Å². The zero-order chi connectivity index (χ0) is 15.9. The van der Waals surface area contributed by atoms with Crippen molar-refractivity contribution < 1.29 is 13.5 Å². The third-order valence-electron chi connectivity index (χ3n) is 2.91. The Morgan fingerprint density at radius 2 is 2.05 bits per heavy atom. The molecule has 2 aromatic heterocycles. The topological polar surface area (TPSA) is 52.8 Å². The average Bonchev–Trinajstić information content (AvgIpc) is 2.79. The van der Waals surface area contributed by atoms with E-state index in [1.807, 2.05) is 0 Å². The lowest BCUT2D eigenvalue weighted by molar-refractivity contribution is -0.0499. The summed E-state index contributed by atoms with van der Waals surface area (Å²) in [7, 11) is 0. The number of ether oxygens (including phenoxy) is 1. The van der Waals surface area contributed by atoms with E-state index in [1.54, 1.807) is 19.2 Å². The summed E-state index contributed by atoms with van der Waals surface area (Å²) in [5.74, 6) is -0.0770. The lowest BCUT2D eigenvalue weighted by Crippen LogP contribution is -2.08. The third-order valence-corrected chi connectivity index (χ3v) is 3.31. The fourth-order valence-corrected chi connectivity index (χ4v) is 2.49. The van der Waals surface area contributed by atoms with Crippen LogP contribution in [0, 0.1) is 6.92 Å². The van der Waals surface area contributed by atoms with Gasteiger partial charge in [0, 0.05) is 23.5 Å². The number of hydrogen-bond acceptors (Lipinski definition) is 4. The maximum atomic E-state index is 12.6. The fraction of sp³-hybridized carbons (Fsp3) is 0.154. The number of halogens is 4. The van der Waals surface area contributed by atoms with Crippen LogP contribution >= 0.6 is 23.2 Å². The first-order valence-electron chi connectivity index (χ1n) is 6.07. The average molecular weight is 345 g/mol. The summed E-state index contributed by atoms with van der Waals surface area (Å²) in [5, 5.41) is 5.17. The highest BCUT2D eigenvalue weighted by atomic mass is 35.5. The van der Waals surface area contributed by atoms with E-state index < -0.39 is 6.61 Å². The van der Waals surface area contributed by atoms with E-state index in [0.29, 0.717) is 22.3 Å². The van der Waals surface area contributed by atoms with Crippen molar-refractivity contribution in [1.29, 1.82) is 0 Å². The molecule has 0 fully saturated rings. The molecule has 9 heteroatoms. The second-order valence-corrected chi connectivity index (χ2v) is 5.21. The van der Waals surface area contributed by atoms with Gasteiger partial charge in [-0.15, -0.1) is 5.10 Å². The number of nitrogens with zero attached hydrogens (tertiary/aromatic N) is 4. The van der Waals surface area contributed by atoms with Crippen molar-refractivity contribution in [3.8, 4) is 11.4 Å². The van der Waals surface area contributed by atoms with Crippen LogP contribution in [0.5, 0.6) is 5.75 Å². The van der Waals surface area contributed by atoms with Crippen LogP contribution in [0.3, 0.4) is 0 Å². The van der Waals surface area contributed by atoms with Gasteiger partial charge in [-0.3, -0.25) is 0 Å². The molecule has 0 amide bonds. The Labute approximate surface area is 133 Å². The Hall–Kier alpha value is -1.99. The Kier molecular flexibility index (Phi) is 3.84. The van der Waals surface area contributed by atoms with Gasteiger partial charge in [0.1, 0.15) is 5.69 Å². The van der Waals surface area contributed by atoms with E-state index in [1.165, 1.54) is 16.9 Å². The van der Waals surface area contributed by atoms with Crippen molar-refractivity contribution in [2.24, 2.45) is 0 Å². The summed E-state index contributed by atoms with van der Waals surface area (Å²) in [6, 6.07) is 2.93. The zero-order valence-corrected chi connectivity index (χ0v) is 12.6. The number of fused-ring (bicyclic) bond motifs is 1. The van der Waals surface area contributed by atoms with E-state index in [9.17, 15) is 8.78 Å². The molecular weight excluding hydrogens is 337 g/mol. The normalized spacial score (nSPS) is 11.4. The molecule has 22 heavy (non-hydrogen) atoms. The SMILES string of the molecule is Cc1cc(Cl)cc(OC(F)F)c1-n1cc2cnc(Cl)nc2n1. The molecule has 0 aliphatic carbocycles. The minimum atomic E-state index is -2.98. The van der Waals surface area contributed by atoms with Gasteiger partial charge in [0.25, 0.3) is 0 Å². The van der Waals surface area contributed by atoms with Gasteiger partial charge in [0.15, 0.2) is 11.4 Å². The summed E-state index contributed by atoms with van der Waals surface area (Å²) in [5.41, 5.74) is 1.31. The Morgan fingerprint density at radius 1 is 1.27 bits per heavy atom. The smallest absolute Gasteiger partial charge is 0.387 e. The van der Waals surface area contributed by atoms with E-state index >= 15 is 0 Å². The number of alkyl halides is 2. The first-order chi connectivity index (χ1) is 10.4. The highest BCUT2D eigenvalue weighted by Crippen LogP contribution is 2.32. The van der Waals surface area contributed by atoms with E-state index in [-0.39, 0.29) is 16.1 Å². The first kappa shape index (κ1) is 14.9.